The van der Waals surface area contributed by atoms with Crippen molar-refractivity contribution >= 4 is 17.4 Å². The fourth-order valence-electron chi connectivity index (χ4n) is 2.41. The lowest BCUT2D eigenvalue weighted by atomic mass is 10.2. The molecule has 0 aliphatic heterocycles. The highest BCUT2D eigenvalue weighted by Crippen LogP contribution is 2.23. The third-order valence-electron chi connectivity index (χ3n) is 3.86. The first-order chi connectivity index (χ1) is 13.2. The Morgan fingerprint density at radius 3 is 2.30 bits per heavy atom. The maximum Gasteiger partial charge on any atom is 0.255 e. The molecule has 0 unspecified atom stereocenters. The number of hydrogen-bond acceptors (Lipinski definition) is 6. The van der Waals surface area contributed by atoms with Gasteiger partial charge in [0.15, 0.2) is 0 Å². The number of ether oxygens (including phenoxy) is 2. The molecular weight excluding hydrogens is 344 g/mol. The number of carbonyl (C=O) groups excluding carboxylic acids is 1. The number of methoxy groups -OCH3 is 2. The van der Waals surface area contributed by atoms with Crippen LogP contribution in [0.15, 0.2) is 61.1 Å². The van der Waals surface area contributed by atoms with E-state index in [1.807, 2.05) is 18.2 Å². The summed E-state index contributed by atoms with van der Waals surface area (Å²) in [5.74, 6) is 1.54. The Labute approximate surface area is 157 Å². The van der Waals surface area contributed by atoms with Crippen LogP contribution in [-0.4, -0.2) is 30.1 Å². The Bertz CT molecular complexity index is 877. The minimum absolute atomic E-state index is 0.272. The van der Waals surface area contributed by atoms with E-state index in [4.69, 9.17) is 9.47 Å². The van der Waals surface area contributed by atoms with Gasteiger partial charge in [-0.1, -0.05) is 0 Å². The first-order valence-electron chi connectivity index (χ1n) is 8.31. The number of nitrogens with one attached hydrogen (secondary N) is 2. The van der Waals surface area contributed by atoms with Crippen molar-refractivity contribution in [2.24, 2.45) is 0 Å². The van der Waals surface area contributed by atoms with Crippen molar-refractivity contribution in [1.29, 1.82) is 0 Å². The van der Waals surface area contributed by atoms with Crippen molar-refractivity contribution in [2.75, 3.05) is 24.9 Å². The molecule has 0 radical (unpaired) electrons. The quantitative estimate of drug-likeness (QED) is 0.669. The summed E-state index contributed by atoms with van der Waals surface area (Å²) in [6.07, 6.45) is 5.09. The number of amides is 1. The van der Waals surface area contributed by atoms with Crippen LogP contribution in [0.3, 0.4) is 0 Å². The van der Waals surface area contributed by atoms with Crippen LogP contribution in [-0.2, 0) is 6.54 Å². The van der Waals surface area contributed by atoms with Crippen molar-refractivity contribution in [3.8, 4) is 11.5 Å². The first-order valence-corrected chi connectivity index (χ1v) is 8.31. The van der Waals surface area contributed by atoms with Gasteiger partial charge < -0.3 is 20.1 Å². The number of nitrogens with zero attached hydrogens (tertiary/aromatic N) is 2. The number of hydrogen-bond donors (Lipinski definition) is 2. The zero-order valence-electron chi connectivity index (χ0n) is 15.1. The van der Waals surface area contributed by atoms with E-state index in [1.54, 1.807) is 42.9 Å². The van der Waals surface area contributed by atoms with Gasteiger partial charge in [-0.25, -0.2) is 4.98 Å². The van der Waals surface area contributed by atoms with Crippen LogP contribution in [0.4, 0.5) is 11.5 Å². The van der Waals surface area contributed by atoms with Gasteiger partial charge in [0.05, 0.1) is 26.1 Å². The molecule has 0 saturated heterocycles. The van der Waals surface area contributed by atoms with Crippen molar-refractivity contribution in [1.82, 2.24) is 9.97 Å². The zero-order valence-corrected chi connectivity index (χ0v) is 15.1. The van der Waals surface area contributed by atoms with E-state index in [2.05, 4.69) is 20.6 Å². The molecule has 138 valence electrons. The van der Waals surface area contributed by atoms with Gasteiger partial charge in [0, 0.05) is 30.6 Å². The van der Waals surface area contributed by atoms with E-state index in [1.165, 1.54) is 14.2 Å². The molecule has 1 aromatic carbocycles. The molecule has 7 heteroatoms. The van der Waals surface area contributed by atoms with Gasteiger partial charge in [-0.15, -0.1) is 0 Å². The average Bonchev–Trinajstić information content (AvgIpc) is 2.73. The fourth-order valence-corrected chi connectivity index (χ4v) is 2.41. The van der Waals surface area contributed by atoms with E-state index in [-0.39, 0.29) is 5.91 Å². The maximum atomic E-state index is 12.5. The number of anilines is 2. The predicted molar refractivity (Wildman–Crippen MR) is 103 cm³/mol. The van der Waals surface area contributed by atoms with Gasteiger partial charge >= 0.3 is 0 Å². The van der Waals surface area contributed by atoms with E-state index in [9.17, 15) is 4.79 Å². The minimum atomic E-state index is -0.272. The molecule has 0 aliphatic carbocycles. The van der Waals surface area contributed by atoms with Crippen LogP contribution < -0.4 is 20.1 Å². The third-order valence-corrected chi connectivity index (χ3v) is 3.86. The van der Waals surface area contributed by atoms with Crippen LogP contribution in [0.25, 0.3) is 0 Å². The predicted octanol–water partition coefficient (Wildman–Crippen LogP) is 3.36. The van der Waals surface area contributed by atoms with Gasteiger partial charge in [-0.3, -0.25) is 9.78 Å². The van der Waals surface area contributed by atoms with Crippen LogP contribution in [0, 0.1) is 0 Å². The van der Waals surface area contributed by atoms with Crippen molar-refractivity contribution in [3.63, 3.8) is 0 Å². The summed E-state index contributed by atoms with van der Waals surface area (Å²) in [5, 5.41) is 6.03. The summed E-state index contributed by atoms with van der Waals surface area (Å²) in [4.78, 5) is 20.8. The summed E-state index contributed by atoms with van der Waals surface area (Å²) in [5.41, 5.74) is 2.14. The smallest absolute Gasteiger partial charge is 0.255 e. The Morgan fingerprint density at radius 2 is 1.70 bits per heavy atom. The topological polar surface area (TPSA) is 85.4 Å². The van der Waals surface area contributed by atoms with Gasteiger partial charge in [0.2, 0.25) is 0 Å². The van der Waals surface area contributed by atoms with Crippen molar-refractivity contribution in [3.05, 3.63) is 72.2 Å². The highest BCUT2D eigenvalue weighted by Gasteiger charge is 2.10. The Balaban J connectivity index is 1.63. The lowest BCUT2D eigenvalue weighted by molar-refractivity contribution is 0.102. The molecule has 0 fully saturated rings. The summed E-state index contributed by atoms with van der Waals surface area (Å²) in [7, 11) is 3.08. The molecule has 0 atom stereocenters. The lowest BCUT2D eigenvalue weighted by Gasteiger charge is -2.10. The average molecular weight is 364 g/mol. The SMILES string of the molecule is COc1cc(OC)cc(C(=O)Nc2ccc(NCc3ccncc3)nc2)c1. The van der Waals surface area contributed by atoms with Crippen LogP contribution in [0.2, 0.25) is 0 Å². The molecule has 2 aromatic heterocycles. The largest absolute Gasteiger partial charge is 0.497 e. The Kier molecular flexibility index (Phi) is 5.84. The van der Waals surface area contributed by atoms with Crippen LogP contribution in [0.5, 0.6) is 11.5 Å². The van der Waals surface area contributed by atoms with E-state index in [0.717, 1.165) is 5.56 Å². The number of pyridine rings is 2. The number of benzene rings is 1. The molecule has 2 heterocycles. The normalized spacial score (nSPS) is 10.1. The van der Waals surface area contributed by atoms with Crippen LogP contribution >= 0.6 is 0 Å². The van der Waals surface area contributed by atoms with E-state index >= 15 is 0 Å². The molecule has 0 saturated carbocycles. The number of aromatic nitrogens is 2. The van der Waals surface area contributed by atoms with Gasteiger partial charge in [-0.05, 0) is 42.0 Å². The summed E-state index contributed by atoms with van der Waals surface area (Å²) in [6.45, 7) is 0.644. The molecule has 3 rings (SSSR count). The summed E-state index contributed by atoms with van der Waals surface area (Å²) in [6, 6.07) is 12.5. The van der Waals surface area contributed by atoms with Crippen LogP contribution in [0.1, 0.15) is 15.9 Å². The third kappa shape index (κ3) is 4.94. The molecular formula is C20H20N4O3. The standard InChI is InChI=1S/C20H20N4O3/c1-26-17-9-15(10-18(11-17)27-2)20(25)24-16-3-4-19(23-13-16)22-12-14-5-7-21-8-6-14/h3-11,13H,12H2,1-2H3,(H,22,23)(H,24,25). The fraction of sp³-hybridized carbons (Fsp3) is 0.150. The van der Waals surface area contributed by atoms with Gasteiger partial charge in [0.25, 0.3) is 5.91 Å². The highest BCUT2D eigenvalue weighted by atomic mass is 16.5. The molecule has 2 N–H and O–H groups in total. The molecule has 1 amide bonds. The molecule has 0 aliphatic rings. The molecule has 3 aromatic rings. The summed E-state index contributed by atoms with van der Waals surface area (Å²) >= 11 is 0. The molecule has 27 heavy (non-hydrogen) atoms. The monoisotopic (exact) mass is 364 g/mol. The lowest BCUT2D eigenvalue weighted by Crippen LogP contribution is -2.12. The summed E-state index contributed by atoms with van der Waals surface area (Å²) < 4.78 is 10.4. The first kappa shape index (κ1) is 18.2. The second-order valence-electron chi connectivity index (χ2n) is 5.70. The van der Waals surface area contributed by atoms with E-state index in [0.29, 0.717) is 35.1 Å². The van der Waals surface area contributed by atoms with Gasteiger partial charge in [-0.2, -0.15) is 0 Å². The Morgan fingerprint density at radius 1 is 1.00 bits per heavy atom. The minimum Gasteiger partial charge on any atom is -0.497 e. The zero-order chi connectivity index (χ0) is 19.1. The van der Waals surface area contributed by atoms with E-state index < -0.39 is 0 Å². The number of rotatable bonds is 7. The Hall–Kier alpha value is -3.61. The molecule has 0 bridgehead atoms. The second kappa shape index (κ2) is 8.66. The number of carbonyl (C=O) groups is 1. The second-order valence-corrected chi connectivity index (χ2v) is 5.70. The highest BCUT2D eigenvalue weighted by molar-refractivity contribution is 6.04. The maximum absolute atomic E-state index is 12.5. The molecule has 0 spiro atoms. The van der Waals surface area contributed by atoms with Crippen molar-refractivity contribution in [2.45, 2.75) is 6.54 Å². The van der Waals surface area contributed by atoms with Crippen molar-refractivity contribution < 1.29 is 14.3 Å². The van der Waals surface area contributed by atoms with Gasteiger partial charge in [0.1, 0.15) is 17.3 Å². The molecule has 7 nitrogen and oxygen atoms in total.